The van der Waals surface area contributed by atoms with Crippen LogP contribution in [0.5, 0.6) is 0 Å². The molecule has 1 fully saturated rings. The standard InChI is InChI=1S/C16H22FN3O2/c1-11-14(20-16(22)18-11)5-3-2-4-6-15(21)19-13-9-7-12(17)8-10-13/h7-11,14H,2-6H2,1H3,(H,19,21)(H2,18,20,22)/t11-,14+/m1/s1. The van der Waals surface area contributed by atoms with E-state index in [9.17, 15) is 14.0 Å². The number of rotatable bonds is 7. The second kappa shape index (κ2) is 7.77. The van der Waals surface area contributed by atoms with E-state index in [2.05, 4.69) is 16.0 Å². The minimum absolute atomic E-state index is 0.0594. The number of anilines is 1. The molecule has 6 heteroatoms. The summed E-state index contributed by atoms with van der Waals surface area (Å²) in [4.78, 5) is 22.9. The second-order valence-electron chi connectivity index (χ2n) is 5.67. The van der Waals surface area contributed by atoms with Crippen molar-refractivity contribution in [1.82, 2.24) is 10.6 Å². The monoisotopic (exact) mass is 307 g/mol. The molecule has 1 saturated heterocycles. The van der Waals surface area contributed by atoms with Crippen LogP contribution in [0.4, 0.5) is 14.9 Å². The van der Waals surface area contributed by atoms with Gasteiger partial charge in [0.25, 0.3) is 0 Å². The third kappa shape index (κ3) is 5.02. The minimum Gasteiger partial charge on any atom is -0.334 e. The maximum atomic E-state index is 12.7. The Hall–Kier alpha value is -2.11. The second-order valence-corrected chi connectivity index (χ2v) is 5.67. The van der Waals surface area contributed by atoms with Crippen molar-refractivity contribution in [1.29, 1.82) is 0 Å². The molecule has 1 heterocycles. The zero-order valence-corrected chi connectivity index (χ0v) is 12.7. The van der Waals surface area contributed by atoms with Crippen LogP contribution in [0.1, 0.15) is 39.0 Å². The van der Waals surface area contributed by atoms with Gasteiger partial charge in [-0.25, -0.2) is 9.18 Å². The quantitative estimate of drug-likeness (QED) is 0.678. The predicted octanol–water partition coefficient (Wildman–Crippen LogP) is 2.78. The maximum Gasteiger partial charge on any atom is 0.315 e. The van der Waals surface area contributed by atoms with Gasteiger partial charge in [-0.2, -0.15) is 0 Å². The number of benzene rings is 1. The van der Waals surface area contributed by atoms with Gasteiger partial charge in [0, 0.05) is 18.2 Å². The van der Waals surface area contributed by atoms with E-state index in [1.165, 1.54) is 12.1 Å². The lowest BCUT2D eigenvalue weighted by molar-refractivity contribution is -0.116. The van der Waals surface area contributed by atoms with Crippen LogP contribution in [0.2, 0.25) is 0 Å². The number of carbonyl (C=O) groups is 2. The molecular formula is C16H22FN3O2. The molecule has 0 radical (unpaired) electrons. The van der Waals surface area contributed by atoms with Crippen LogP contribution in [-0.2, 0) is 4.79 Å². The van der Waals surface area contributed by atoms with Crippen LogP contribution in [-0.4, -0.2) is 24.0 Å². The fourth-order valence-corrected chi connectivity index (χ4v) is 2.55. The van der Waals surface area contributed by atoms with Gasteiger partial charge in [-0.15, -0.1) is 0 Å². The molecule has 0 aliphatic carbocycles. The van der Waals surface area contributed by atoms with E-state index in [1.54, 1.807) is 12.1 Å². The normalized spacial score (nSPS) is 20.4. The fourth-order valence-electron chi connectivity index (χ4n) is 2.55. The first-order valence-corrected chi connectivity index (χ1v) is 7.67. The van der Waals surface area contributed by atoms with E-state index < -0.39 is 0 Å². The van der Waals surface area contributed by atoms with Crippen LogP contribution >= 0.6 is 0 Å². The summed E-state index contributed by atoms with van der Waals surface area (Å²) in [5.74, 6) is -0.378. The molecule has 3 amide bonds. The highest BCUT2D eigenvalue weighted by molar-refractivity contribution is 5.90. The minimum atomic E-state index is -0.319. The van der Waals surface area contributed by atoms with Crippen molar-refractivity contribution in [3.8, 4) is 0 Å². The number of amides is 3. The van der Waals surface area contributed by atoms with Gasteiger partial charge in [0.15, 0.2) is 0 Å². The average molecular weight is 307 g/mol. The maximum absolute atomic E-state index is 12.7. The number of carbonyl (C=O) groups excluding carboxylic acids is 2. The molecule has 0 spiro atoms. The van der Waals surface area contributed by atoms with Gasteiger partial charge in [-0.1, -0.05) is 12.8 Å². The molecule has 0 saturated carbocycles. The molecule has 0 aromatic heterocycles. The SMILES string of the molecule is C[C@H]1NC(=O)N[C@H]1CCCCCC(=O)Nc1ccc(F)cc1. The molecule has 22 heavy (non-hydrogen) atoms. The number of hydrogen-bond donors (Lipinski definition) is 3. The highest BCUT2D eigenvalue weighted by atomic mass is 19.1. The van der Waals surface area contributed by atoms with Crippen LogP contribution in [0, 0.1) is 5.82 Å². The molecule has 120 valence electrons. The van der Waals surface area contributed by atoms with Crippen molar-refractivity contribution in [3.63, 3.8) is 0 Å². The Labute approximate surface area is 129 Å². The lowest BCUT2D eigenvalue weighted by atomic mass is 10.0. The van der Waals surface area contributed by atoms with Crippen molar-refractivity contribution in [2.45, 2.75) is 51.1 Å². The van der Waals surface area contributed by atoms with Crippen LogP contribution in [0.25, 0.3) is 0 Å². The summed E-state index contributed by atoms with van der Waals surface area (Å²) in [6, 6.07) is 5.97. The summed E-state index contributed by atoms with van der Waals surface area (Å²) in [5, 5.41) is 8.44. The van der Waals surface area contributed by atoms with Gasteiger partial charge in [-0.3, -0.25) is 4.79 Å². The average Bonchev–Trinajstić information content (AvgIpc) is 2.79. The third-order valence-corrected chi connectivity index (χ3v) is 3.83. The Balaban J connectivity index is 1.57. The van der Waals surface area contributed by atoms with Gasteiger partial charge in [-0.05, 0) is 44.0 Å². The van der Waals surface area contributed by atoms with Crippen LogP contribution in [0.15, 0.2) is 24.3 Å². The molecule has 0 bridgehead atoms. The zero-order valence-electron chi connectivity index (χ0n) is 12.7. The summed E-state index contributed by atoms with van der Waals surface area (Å²) in [7, 11) is 0. The molecule has 2 rings (SSSR count). The van der Waals surface area contributed by atoms with Crippen LogP contribution < -0.4 is 16.0 Å². The molecule has 0 unspecified atom stereocenters. The van der Waals surface area contributed by atoms with Gasteiger partial charge in [0.2, 0.25) is 5.91 Å². The number of unbranched alkanes of at least 4 members (excludes halogenated alkanes) is 2. The van der Waals surface area contributed by atoms with Crippen molar-refractivity contribution in [3.05, 3.63) is 30.1 Å². The summed E-state index contributed by atoms with van der Waals surface area (Å²) < 4.78 is 12.7. The molecule has 1 aromatic carbocycles. The Morgan fingerprint density at radius 1 is 1.18 bits per heavy atom. The lowest BCUT2D eigenvalue weighted by Crippen LogP contribution is -2.30. The van der Waals surface area contributed by atoms with Crippen molar-refractivity contribution in [2.24, 2.45) is 0 Å². The van der Waals surface area contributed by atoms with E-state index in [1.807, 2.05) is 6.92 Å². The predicted molar refractivity (Wildman–Crippen MR) is 83.0 cm³/mol. The topological polar surface area (TPSA) is 70.2 Å². The largest absolute Gasteiger partial charge is 0.334 e. The summed E-state index contributed by atoms with van der Waals surface area (Å²) in [6.07, 6.45) is 4.08. The zero-order chi connectivity index (χ0) is 15.9. The molecule has 5 nitrogen and oxygen atoms in total. The summed E-state index contributed by atoms with van der Waals surface area (Å²) in [6.45, 7) is 1.98. The number of nitrogens with one attached hydrogen (secondary N) is 3. The Bertz CT molecular complexity index is 519. The van der Waals surface area contributed by atoms with Crippen molar-refractivity contribution in [2.75, 3.05) is 5.32 Å². The fraction of sp³-hybridized carbons (Fsp3) is 0.500. The summed E-state index contributed by atoms with van der Waals surface area (Å²) >= 11 is 0. The number of hydrogen-bond acceptors (Lipinski definition) is 2. The van der Waals surface area contributed by atoms with Gasteiger partial charge in [0.1, 0.15) is 5.82 Å². The third-order valence-electron chi connectivity index (χ3n) is 3.83. The van der Waals surface area contributed by atoms with Gasteiger partial charge < -0.3 is 16.0 Å². The van der Waals surface area contributed by atoms with E-state index in [0.717, 1.165) is 25.7 Å². The number of halogens is 1. The van der Waals surface area contributed by atoms with Gasteiger partial charge >= 0.3 is 6.03 Å². The lowest BCUT2D eigenvalue weighted by Gasteiger charge is -2.13. The highest BCUT2D eigenvalue weighted by Gasteiger charge is 2.26. The highest BCUT2D eigenvalue weighted by Crippen LogP contribution is 2.13. The molecule has 1 aromatic rings. The van der Waals surface area contributed by atoms with E-state index in [-0.39, 0.29) is 29.8 Å². The Morgan fingerprint density at radius 2 is 1.91 bits per heavy atom. The Kier molecular flexibility index (Phi) is 5.75. The first-order valence-electron chi connectivity index (χ1n) is 7.67. The Morgan fingerprint density at radius 3 is 2.55 bits per heavy atom. The first-order chi connectivity index (χ1) is 10.5. The molecule has 1 aliphatic rings. The van der Waals surface area contributed by atoms with E-state index in [0.29, 0.717) is 12.1 Å². The van der Waals surface area contributed by atoms with Gasteiger partial charge in [0.05, 0.1) is 6.04 Å². The van der Waals surface area contributed by atoms with Crippen LogP contribution in [0.3, 0.4) is 0 Å². The molecule has 1 aliphatic heterocycles. The summed E-state index contributed by atoms with van der Waals surface area (Å²) in [5.41, 5.74) is 0.611. The molecular weight excluding hydrogens is 285 g/mol. The smallest absolute Gasteiger partial charge is 0.315 e. The van der Waals surface area contributed by atoms with Crippen molar-refractivity contribution < 1.29 is 14.0 Å². The molecule has 2 atom stereocenters. The van der Waals surface area contributed by atoms with E-state index in [4.69, 9.17) is 0 Å². The van der Waals surface area contributed by atoms with Crippen molar-refractivity contribution >= 4 is 17.6 Å². The molecule has 3 N–H and O–H groups in total. The number of urea groups is 1. The van der Waals surface area contributed by atoms with E-state index >= 15 is 0 Å². The first kappa shape index (κ1) is 16.3.